The Kier molecular flexibility index (Phi) is 6.15. The molecule has 3 N–H and O–H groups in total. The number of hydrogen-bond acceptors (Lipinski definition) is 5. The standard InChI is InChI=1S/C31H50O5/c1-18-10-13-31(26(35)36-7)15-14-29(5)20(24(31)19(18)17-32)8-9-23-28(4)16-21(33)25(34)27(2,3)22(28)11-12-30(23,29)6/h8,18-19,21-25,32-34H,9-17H2,1-7H3/t18-,19+,21-,22+,23-,24+,25-,28+,29-,30-,31+/m1/s1. The summed E-state index contributed by atoms with van der Waals surface area (Å²) in [7, 11) is 1.52. The van der Waals surface area contributed by atoms with Crippen molar-refractivity contribution in [3.63, 3.8) is 0 Å². The van der Waals surface area contributed by atoms with Crippen molar-refractivity contribution in [2.75, 3.05) is 13.7 Å². The smallest absolute Gasteiger partial charge is 0.312 e. The van der Waals surface area contributed by atoms with Crippen LogP contribution in [-0.2, 0) is 9.53 Å². The fourth-order valence-corrected chi connectivity index (χ4v) is 11.3. The van der Waals surface area contributed by atoms with Gasteiger partial charge < -0.3 is 20.1 Å². The van der Waals surface area contributed by atoms with Gasteiger partial charge in [0.25, 0.3) is 0 Å². The second kappa shape index (κ2) is 8.29. The molecule has 36 heavy (non-hydrogen) atoms. The molecule has 4 fully saturated rings. The molecule has 5 nitrogen and oxygen atoms in total. The third-order valence-corrected chi connectivity index (χ3v) is 13.5. The molecule has 0 spiro atoms. The fraction of sp³-hybridized carbons (Fsp3) is 0.903. The summed E-state index contributed by atoms with van der Waals surface area (Å²) in [5.74, 6) is 1.14. The number of aliphatic hydroxyl groups excluding tert-OH is 3. The van der Waals surface area contributed by atoms with Crippen LogP contribution < -0.4 is 0 Å². The lowest BCUT2D eigenvalue weighted by molar-refractivity contribution is -0.233. The van der Waals surface area contributed by atoms with Crippen LogP contribution in [0.25, 0.3) is 0 Å². The number of rotatable bonds is 2. The summed E-state index contributed by atoms with van der Waals surface area (Å²) in [6.45, 7) is 14.0. The van der Waals surface area contributed by atoms with E-state index in [1.54, 1.807) is 0 Å². The van der Waals surface area contributed by atoms with Crippen LogP contribution in [0.3, 0.4) is 0 Å². The lowest BCUT2D eigenvalue weighted by Gasteiger charge is -2.71. The first-order valence-corrected chi connectivity index (χ1v) is 14.5. The van der Waals surface area contributed by atoms with E-state index in [0.29, 0.717) is 24.2 Å². The van der Waals surface area contributed by atoms with Crippen LogP contribution in [0.5, 0.6) is 0 Å². The highest BCUT2D eigenvalue weighted by Gasteiger charge is 2.70. The third kappa shape index (κ3) is 3.09. The van der Waals surface area contributed by atoms with E-state index >= 15 is 0 Å². The van der Waals surface area contributed by atoms with Gasteiger partial charge >= 0.3 is 5.97 Å². The van der Waals surface area contributed by atoms with Gasteiger partial charge in [0, 0.05) is 12.5 Å². The Morgan fingerprint density at radius 1 is 1.03 bits per heavy atom. The Hall–Kier alpha value is -0.910. The number of fused-ring (bicyclic) bond motifs is 7. The lowest BCUT2D eigenvalue weighted by Crippen LogP contribution is -2.67. The predicted octanol–water partition coefficient (Wildman–Crippen LogP) is 5.12. The number of allylic oxidation sites excluding steroid dienone is 2. The van der Waals surface area contributed by atoms with Crippen LogP contribution in [0.1, 0.15) is 92.9 Å². The molecule has 0 heterocycles. The van der Waals surface area contributed by atoms with Crippen molar-refractivity contribution in [3.8, 4) is 0 Å². The highest BCUT2D eigenvalue weighted by molar-refractivity contribution is 5.78. The Morgan fingerprint density at radius 2 is 1.72 bits per heavy atom. The average molecular weight is 503 g/mol. The molecule has 5 heteroatoms. The molecule has 5 rings (SSSR count). The molecule has 0 bridgehead atoms. The van der Waals surface area contributed by atoms with E-state index in [1.807, 2.05) is 0 Å². The van der Waals surface area contributed by atoms with Crippen molar-refractivity contribution in [3.05, 3.63) is 11.6 Å². The quantitative estimate of drug-likeness (QED) is 0.360. The molecule has 0 saturated heterocycles. The minimum absolute atomic E-state index is 0.0240. The molecule has 0 aromatic rings. The minimum Gasteiger partial charge on any atom is -0.469 e. The fourth-order valence-electron chi connectivity index (χ4n) is 11.3. The Labute approximate surface area is 218 Å². The Bertz CT molecular complexity index is 941. The number of aliphatic hydroxyl groups is 3. The summed E-state index contributed by atoms with van der Waals surface area (Å²) in [5.41, 5.74) is 0.447. The van der Waals surface area contributed by atoms with E-state index in [4.69, 9.17) is 4.74 Å². The van der Waals surface area contributed by atoms with Crippen molar-refractivity contribution >= 4 is 5.97 Å². The number of carbonyl (C=O) groups is 1. The second-order valence-electron chi connectivity index (χ2n) is 14.8. The van der Waals surface area contributed by atoms with Gasteiger partial charge in [-0.25, -0.2) is 0 Å². The summed E-state index contributed by atoms with van der Waals surface area (Å²) in [6, 6.07) is 0. The molecular formula is C31H50O5. The molecule has 4 saturated carbocycles. The maximum absolute atomic E-state index is 13.4. The molecule has 0 unspecified atom stereocenters. The number of esters is 1. The molecule has 11 atom stereocenters. The van der Waals surface area contributed by atoms with E-state index in [1.165, 1.54) is 12.7 Å². The molecule has 204 valence electrons. The van der Waals surface area contributed by atoms with Crippen molar-refractivity contribution in [2.45, 2.75) is 105 Å². The van der Waals surface area contributed by atoms with Gasteiger partial charge in [-0.3, -0.25) is 4.79 Å². The zero-order valence-electron chi connectivity index (χ0n) is 23.6. The van der Waals surface area contributed by atoms with Crippen LogP contribution in [0.15, 0.2) is 11.6 Å². The maximum atomic E-state index is 13.4. The van der Waals surface area contributed by atoms with Crippen molar-refractivity contribution in [2.24, 2.45) is 56.7 Å². The van der Waals surface area contributed by atoms with Crippen LogP contribution in [0, 0.1) is 56.7 Å². The first-order chi connectivity index (χ1) is 16.7. The van der Waals surface area contributed by atoms with Crippen LogP contribution in [0.2, 0.25) is 0 Å². The van der Waals surface area contributed by atoms with Crippen LogP contribution in [-0.4, -0.2) is 47.2 Å². The molecule has 0 aromatic carbocycles. The largest absolute Gasteiger partial charge is 0.469 e. The monoisotopic (exact) mass is 502 g/mol. The van der Waals surface area contributed by atoms with Gasteiger partial charge in [-0.2, -0.15) is 0 Å². The van der Waals surface area contributed by atoms with Gasteiger partial charge in [-0.15, -0.1) is 0 Å². The summed E-state index contributed by atoms with van der Waals surface area (Å²) < 4.78 is 5.45. The number of carbonyl (C=O) groups excluding carboxylic acids is 1. The van der Waals surface area contributed by atoms with E-state index in [-0.39, 0.29) is 46.1 Å². The van der Waals surface area contributed by atoms with E-state index < -0.39 is 17.6 Å². The molecule has 0 radical (unpaired) electrons. The zero-order chi connectivity index (χ0) is 26.5. The van der Waals surface area contributed by atoms with Crippen LogP contribution in [0.4, 0.5) is 0 Å². The zero-order valence-corrected chi connectivity index (χ0v) is 23.6. The van der Waals surface area contributed by atoms with Gasteiger partial charge in [0.05, 0.1) is 24.7 Å². The van der Waals surface area contributed by atoms with Crippen LogP contribution >= 0.6 is 0 Å². The first kappa shape index (κ1) is 26.7. The summed E-state index contributed by atoms with van der Waals surface area (Å²) in [6.07, 6.45) is 8.38. The number of methoxy groups -OCH3 is 1. The van der Waals surface area contributed by atoms with Gasteiger partial charge in [-0.05, 0) is 96.7 Å². The molecular weight excluding hydrogens is 452 g/mol. The number of ether oxygens (including phenoxy) is 1. The lowest BCUT2D eigenvalue weighted by atomic mass is 9.33. The summed E-state index contributed by atoms with van der Waals surface area (Å²) in [4.78, 5) is 13.4. The summed E-state index contributed by atoms with van der Waals surface area (Å²) >= 11 is 0. The van der Waals surface area contributed by atoms with Gasteiger partial charge in [0.2, 0.25) is 0 Å². The van der Waals surface area contributed by atoms with E-state index in [2.05, 4.69) is 47.6 Å². The maximum Gasteiger partial charge on any atom is 0.312 e. The van der Waals surface area contributed by atoms with E-state index in [9.17, 15) is 20.1 Å². The predicted molar refractivity (Wildman–Crippen MR) is 140 cm³/mol. The minimum atomic E-state index is -0.696. The van der Waals surface area contributed by atoms with Gasteiger partial charge in [0.15, 0.2) is 0 Å². The van der Waals surface area contributed by atoms with Crippen molar-refractivity contribution in [1.29, 1.82) is 0 Å². The van der Waals surface area contributed by atoms with Crippen molar-refractivity contribution in [1.82, 2.24) is 0 Å². The first-order valence-electron chi connectivity index (χ1n) is 14.5. The van der Waals surface area contributed by atoms with E-state index in [0.717, 1.165) is 44.9 Å². The Balaban J connectivity index is 1.63. The molecule has 5 aliphatic rings. The molecule has 0 aliphatic heterocycles. The molecule has 5 aliphatic carbocycles. The Morgan fingerprint density at radius 3 is 2.36 bits per heavy atom. The molecule has 0 amide bonds. The normalized spacial score (nSPS) is 53.7. The highest BCUT2D eigenvalue weighted by Crippen LogP contribution is 2.75. The second-order valence-corrected chi connectivity index (χ2v) is 14.8. The van der Waals surface area contributed by atoms with Gasteiger partial charge in [-0.1, -0.05) is 53.2 Å². The topological polar surface area (TPSA) is 87.0 Å². The number of hydrogen-bond donors (Lipinski definition) is 3. The van der Waals surface area contributed by atoms with Crippen molar-refractivity contribution < 1.29 is 24.9 Å². The third-order valence-electron chi connectivity index (χ3n) is 13.5. The van der Waals surface area contributed by atoms with Gasteiger partial charge in [0.1, 0.15) is 0 Å². The average Bonchev–Trinajstić information content (AvgIpc) is 2.82. The highest BCUT2D eigenvalue weighted by atomic mass is 16.5. The molecule has 0 aromatic heterocycles. The SMILES string of the molecule is COC(=O)[C@]12CC[C@@H](C)[C@H](CO)[C@H]1C1=CC[C@@H]3[C@@]4(C)C[C@@H](O)[C@@H](O)C(C)(C)[C@@H]4CC[C@@]3(C)[C@]1(C)CC2. The summed E-state index contributed by atoms with van der Waals surface area (Å²) in [5, 5.41) is 32.6.